The van der Waals surface area contributed by atoms with Gasteiger partial charge in [0, 0.05) is 6.42 Å². The van der Waals surface area contributed by atoms with Gasteiger partial charge in [0.25, 0.3) is 0 Å². The molecule has 1 aliphatic heterocycles. The van der Waals surface area contributed by atoms with E-state index in [2.05, 4.69) is 98.0 Å². The fraction of sp³-hybridized carbons (Fsp3) is 0.643. The van der Waals surface area contributed by atoms with Crippen LogP contribution in [0.25, 0.3) is 0 Å². The van der Waals surface area contributed by atoms with Gasteiger partial charge in [0.2, 0.25) is 8.32 Å². The molecule has 2 rings (SSSR count). The van der Waals surface area contributed by atoms with E-state index in [1.54, 1.807) is 0 Å². The van der Waals surface area contributed by atoms with Gasteiger partial charge in [-0.2, -0.15) is 0 Å². The summed E-state index contributed by atoms with van der Waals surface area (Å²) < 4.78 is 12.5. The summed E-state index contributed by atoms with van der Waals surface area (Å²) in [5, 5.41) is 0.214. The van der Waals surface area contributed by atoms with Gasteiger partial charge in [-0.3, -0.25) is 0 Å². The molecule has 1 aromatic carbocycles. The van der Waals surface area contributed by atoms with Gasteiger partial charge in [0.1, 0.15) is 0 Å². The zero-order valence-electron chi connectivity index (χ0n) is 21.6. The molecule has 0 saturated carbocycles. The topological polar surface area (TPSA) is 21.8 Å². The molecule has 0 bridgehead atoms. The highest BCUT2D eigenvalue weighted by Crippen LogP contribution is 2.40. The van der Waals surface area contributed by atoms with Crippen molar-refractivity contribution in [2.75, 3.05) is 0 Å². The van der Waals surface area contributed by atoms with Crippen LogP contribution in [0.3, 0.4) is 0 Å². The van der Waals surface area contributed by atoms with E-state index in [4.69, 9.17) is 9.16 Å². The van der Waals surface area contributed by atoms with Crippen LogP contribution in [-0.4, -0.2) is 20.0 Å². The van der Waals surface area contributed by atoms with Crippen molar-refractivity contribution >= 4 is 8.32 Å². The summed E-state index contributed by atoms with van der Waals surface area (Å²) in [7, 11) is -1.83. The maximum Gasteiger partial charge on any atom is 0.250 e. The fourth-order valence-corrected chi connectivity index (χ4v) is 4.75. The molecule has 1 heterocycles. The minimum atomic E-state index is -1.83. The quantitative estimate of drug-likeness (QED) is 0.148. The zero-order chi connectivity index (χ0) is 23.3. The van der Waals surface area contributed by atoms with Crippen LogP contribution >= 0.6 is 0 Å². The number of hydrogen-bond acceptors (Lipinski definition) is 2. The molecule has 0 N–H and O–H groups in total. The van der Waals surface area contributed by atoms with Crippen molar-refractivity contribution < 1.29 is 9.16 Å². The van der Waals surface area contributed by atoms with Crippen LogP contribution < -0.4 is 0 Å². The largest absolute Gasteiger partial charge is 0.547 e. The number of hydrogen-bond donors (Lipinski definition) is 0. The van der Waals surface area contributed by atoms with E-state index >= 15 is 0 Å². The monoisotopic (exact) mass is 442 g/mol. The van der Waals surface area contributed by atoms with Crippen LogP contribution in [0.2, 0.25) is 18.1 Å². The van der Waals surface area contributed by atoms with Gasteiger partial charge in [-0.15, -0.1) is 0 Å². The second kappa shape index (κ2) is 10.5. The lowest BCUT2D eigenvalue weighted by atomic mass is 10.0. The predicted octanol–water partition coefficient (Wildman–Crippen LogP) is 8.52. The highest BCUT2D eigenvalue weighted by Gasteiger charge is 2.46. The third-order valence-corrected chi connectivity index (χ3v) is 11.3. The van der Waals surface area contributed by atoms with Crippen molar-refractivity contribution in [2.24, 2.45) is 0 Å². The molecular formula is C28H46O2Si. The minimum absolute atomic E-state index is 0.102. The average molecular weight is 443 g/mol. The Morgan fingerprint density at radius 1 is 1.13 bits per heavy atom. The average Bonchev–Trinajstić information content (AvgIpc) is 3.25. The maximum absolute atomic E-state index is 6.73. The minimum Gasteiger partial charge on any atom is -0.547 e. The summed E-state index contributed by atoms with van der Waals surface area (Å²) in [5.74, 6) is 1.19. The summed E-state index contributed by atoms with van der Waals surface area (Å²) in [6.07, 6.45) is 11.6. The molecule has 1 fully saturated rings. The highest BCUT2D eigenvalue weighted by atomic mass is 28.4. The van der Waals surface area contributed by atoms with Gasteiger partial charge in [0.15, 0.2) is 0 Å². The Hall–Kier alpha value is -1.32. The van der Waals surface area contributed by atoms with E-state index in [1.807, 2.05) is 0 Å². The molecule has 0 amide bonds. The van der Waals surface area contributed by atoms with Gasteiger partial charge in [-0.1, -0.05) is 62.2 Å². The molecule has 0 unspecified atom stereocenters. The summed E-state index contributed by atoms with van der Waals surface area (Å²) in [5.41, 5.74) is 4.31. The first kappa shape index (κ1) is 25.9. The van der Waals surface area contributed by atoms with Crippen molar-refractivity contribution in [1.29, 1.82) is 0 Å². The first-order valence-corrected chi connectivity index (χ1v) is 15.0. The number of aryl methyl sites for hydroxylation is 2. The predicted molar refractivity (Wildman–Crippen MR) is 137 cm³/mol. The number of epoxide rings is 1. The molecule has 0 spiro atoms. The Kier molecular flexibility index (Phi) is 8.81. The lowest BCUT2D eigenvalue weighted by Crippen LogP contribution is -2.40. The Morgan fingerprint density at radius 2 is 1.81 bits per heavy atom. The molecule has 1 saturated heterocycles. The molecule has 2 nitrogen and oxygen atoms in total. The third-order valence-electron chi connectivity index (χ3n) is 6.93. The Balaban J connectivity index is 1.95. The smallest absolute Gasteiger partial charge is 0.250 e. The first-order chi connectivity index (χ1) is 14.3. The van der Waals surface area contributed by atoms with E-state index < -0.39 is 8.32 Å². The Morgan fingerprint density at radius 3 is 2.39 bits per heavy atom. The standard InChI is InChI=1S/C28H46O2Si/c1-22(19-20-26-28(6,7)29-26)13-11-17-25(30-31(8,9)27(3,4)5)18-12-16-24-15-10-14-23(2)21-24/h10,13-15,18,21,26H,11-12,16-17,19-20H2,1-9H3/b22-13+,25-18+/t26-/m0/s1. The number of benzene rings is 1. The van der Waals surface area contributed by atoms with Crippen LogP contribution in [-0.2, 0) is 15.6 Å². The molecule has 174 valence electrons. The molecule has 0 radical (unpaired) electrons. The van der Waals surface area contributed by atoms with Crippen molar-refractivity contribution in [1.82, 2.24) is 0 Å². The van der Waals surface area contributed by atoms with E-state index in [1.165, 1.54) is 22.5 Å². The lowest BCUT2D eigenvalue weighted by Gasteiger charge is -2.37. The van der Waals surface area contributed by atoms with Crippen molar-refractivity contribution in [3.8, 4) is 0 Å². The van der Waals surface area contributed by atoms with Gasteiger partial charge >= 0.3 is 0 Å². The molecular weight excluding hydrogens is 396 g/mol. The summed E-state index contributed by atoms with van der Waals surface area (Å²) in [6, 6.07) is 8.84. The number of rotatable bonds is 11. The van der Waals surface area contributed by atoms with E-state index in [-0.39, 0.29) is 10.6 Å². The van der Waals surface area contributed by atoms with Gasteiger partial charge in [-0.25, -0.2) is 0 Å². The Bertz CT molecular complexity index is 780. The van der Waals surface area contributed by atoms with Gasteiger partial charge in [0.05, 0.1) is 17.5 Å². The van der Waals surface area contributed by atoms with Crippen LogP contribution in [0.4, 0.5) is 0 Å². The summed E-state index contributed by atoms with van der Waals surface area (Å²) in [6.45, 7) is 20.4. The molecule has 1 aliphatic rings. The Labute approximate surface area is 193 Å². The van der Waals surface area contributed by atoms with E-state index in [0.29, 0.717) is 6.10 Å². The molecule has 1 aromatic rings. The lowest BCUT2D eigenvalue weighted by molar-refractivity contribution is 0.320. The van der Waals surface area contributed by atoms with Crippen LogP contribution in [0.5, 0.6) is 0 Å². The summed E-state index contributed by atoms with van der Waals surface area (Å²) >= 11 is 0. The van der Waals surface area contributed by atoms with E-state index in [9.17, 15) is 0 Å². The van der Waals surface area contributed by atoms with E-state index in [0.717, 1.165) is 38.5 Å². The van der Waals surface area contributed by atoms with Crippen molar-refractivity contribution in [3.05, 3.63) is 58.9 Å². The second-order valence-corrected chi connectivity index (χ2v) is 16.1. The molecule has 0 aromatic heterocycles. The molecule has 3 heteroatoms. The highest BCUT2D eigenvalue weighted by molar-refractivity contribution is 6.74. The zero-order valence-corrected chi connectivity index (χ0v) is 22.6. The SMILES string of the molecule is C/C(=C\CC/C(=C\CCc1cccc(C)c1)O[Si](C)(C)C(C)(C)C)CC[C@@H]1OC1(C)C. The van der Waals surface area contributed by atoms with Crippen LogP contribution in [0.1, 0.15) is 84.8 Å². The first-order valence-electron chi connectivity index (χ1n) is 12.1. The third kappa shape index (κ3) is 8.61. The fourth-order valence-electron chi connectivity index (χ4n) is 3.60. The van der Waals surface area contributed by atoms with Crippen LogP contribution in [0, 0.1) is 6.92 Å². The molecule has 1 atom stereocenters. The van der Waals surface area contributed by atoms with Crippen molar-refractivity contribution in [3.63, 3.8) is 0 Å². The maximum atomic E-state index is 6.73. The molecule has 0 aliphatic carbocycles. The van der Waals surface area contributed by atoms with Gasteiger partial charge < -0.3 is 9.16 Å². The van der Waals surface area contributed by atoms with Crippen molar-refractivity contribution in [2.45, 2.75) is 117 Å². The van der Waals surface area contributed by atoms with Gasteiger partial charge in [-0.05, 0) is 89.6 Å². The number of ether oxygens (including phenoxy) is 1. The normalized spacial score (nSPS) is 19.5. The van der Waals surface area contributed by atoms with Crippen LogP contribution in [0.15, 0.2) is 47.7 Å². The number of allylic oxidation sites excluding steroid dienone is 4. The second-order valence-electron chi connectivity index (χ2n) is 11.4. The molecule has 31 heavy (non-hydrogen) atoms. The summed E-state index contributed by atoms with van der Waals surface area (Å²) in [4.78, 5) is 0.